The molecule has 1 N–H and O–H groups in total. The molecule has 31 heavy (non-hydrogen) atoms. The summed E-state index contributed by atoms with van der Waals surface area (Å²) in [5.74, 6) is -0.690. The number of rotatable bonds is 6. The van der Waals surface area contributed by atoms with Gasteiger partial charge < -0.3 is 19.9 Å². The Labute approximate surface area is 182 Å². The molecule has 0 saturated carbocycles. The number of carbonyl (C=O) groups excluding carboxylic acids is 2. The highest BCUT2D eigenvalue weighted by molar-refractivity contribution is 5.97. The molecule has 3 aromatic rings. The Morgan fingerprint density at radius 1 is 0.774 bits per heavy atom. The van der Waals surface area contributed by atoms with Crippen molar-refractivity contribution in [1.82, 2.24) is 4.90 Å². The minimum absolute atomic E-state index is 0.172. The molecular weight excluding hydrogens is 390 g/mol. The van der Waals surface area contributed by atoms with E-state index in [1.807, 2.05) is 60.7 Å². The van der Waals surface area contributed by atoms with Crippen molar-refractivity contribution in [2.75, 3.05) is 43.0 Å². The van der Waals surface area contributed by atoms with Crippen molar-refractivity contribution in [2.24, 2.45) is 0 Å². The number of piperazine rings is 1. The standard InChI is InChI=1S/C25H25N3O3/c29-24(28-17-15-27(16-18-28)21-11-5-2-6-12-21)19-31-25(30)22-13-7-8-14-23(22)26-20-9-3-1-4-10-20/h1-14,26H,15-19H2. The third kappa shape index (κ3) is 5.22. The summed E-state index contributed by atoms with van der Waals surface area (Å²) in [6.45, 7) is 2.47. The van der Waals surface area contributed by atoms with Gasteiger partial charge in [0.2, 0.25) is 0 Å². The van der Waals surface area contributed by atoms with Crippen molar-refractivity contribution >= 4 is 28.9 Å². The van der Waals surface area contributed by atoms with Gasteiger partial charge in [0, 0.05) is 37.6 Å². The molecule has 1 aliphatic rings. The van der Waals surface area contributed by atoms with Crippen LogP contribution in [0.2, 0.25) is 0 Å². The third-order valence-electron chi connectivity index (χ3n) is 5.28. The number of benzene rings is 3. The Morgan fingerprint density at radius 2 is 1.39 bits per heavy atom. The van der Waals surface area contributed by atoms with Crippen LogP contribution in [-0.2, 0) is 9.53 Å². The zero-order valence-electron chi connectivity index (χ0n) is 17.2. The molecule has 1 saturated heterocycles. The predicted molar refractivity (Wildman–Crippen MR) is 122 cm³/mol. The smallest absolute Gasteiger partial charge is 0.340 e. The Balaban J connectivity index is 1.31. The lowest BCUT2D eigenvalue weighted by Gasteiger charge is -2.36. The molecule has 6 nitrogen and oxygen atoms in total. The lowest BCUT2D eigenvalue weighted by Crippen LogP contribution is -2.49. The summed E-state index contributed by atoms with van der Waals surface area (Å²) in [6.07, 6.45) is 0. The molecule has 1 heterocycles. The largest absolute Gasteiger partial charge is 0.452 e. The molecule has 0 bridgehead atoms. The van der Waals surface area contributed by atoms with Crippen LogP contribution in [0, 0.1) is 0 Å². The van der Waals surface area contributed by atoms with E-state index in [-0.39, 0.29) is 12.5 Å². The highest BCUT2D eigenvalue weighted by atomic mass is 16.5. The minimum atomic E-state index is -0.518. The van der Waals surface area contributed by atoms with Gasteiger partial charge in [0.25, 0.3) is 5.91 Å². The quantitative estimate of drug-likeness (QED) is 0.618. The maximum Gasteiger partial charge on any atom is 0.340 e. The maximum atomic E-state index is 12.6. The fourth-order valence-electron chi connectivity index (χ4n) is 3.60. The highest BCUT2D eigenvalue weighted by Gasteiger charge is 2.23. The second kappa shape index (κ2) is 9.80. The molecule has 0 atom stereocenters. The van der Waals surface area contributed by atoms with Gasteiger partial charge in [-0.2, -0.15) is 0 Å². The van der Waals surface area contributed by atoms with Crippen molar-refractivity contribution in [3.63, 3.8) is 0 Å². The van der Waals surface area contributed by atoms with Crippen LogP contribution in [0.1, 0.15) is 10.4 Å². The summed E-state index contributed by atoms with van der Waals surface area (Å²) in [7, 11) is 0. The molecule has 0 unspecified atom stereocenters. The lowest BCUT2D eigenvalue weighted by molar-refractivity contribution is -0.134. The zero-order chi connectivity index (χ0) is 21.5. The zero-order valence-corrected chi connectivity index (χ0v) is 17.2. The Bertz CT molecular complexity index is 1020. The second-order valence-corrected chi connectivity index (χ2v) is 7.32. The number of carbonyl (C=O) groups is 2. The number of anilines is 3. The van der Waals surface area contributed by atoms with Crippen LogP contribution >= 0.6 is 0 Å². The normalized spacial score (nSPS) is 13.5. The molecule has 0 aromatic heterocycles. The van der Waals surface area contributed by atoms with Gasteiger partial charge in [0.05, 0.1) is 11.3 Å². The summed E-state index contributed by atoms with van der Waals surface area (Å²) in [4.78, 5) is 29.2. The van der Waals surface area contributed by atoms with Crippen LogP contribution < -0.4 is 10.2 Å². The van der Waals surface area contributed by atoms with Crippen LogP contribution in [0.15, 0.2) is 84.9 Å². The Morgan fingerprint density at radius 3 is 2.10 bits per heavy atom. The molecule has 1 fully saturated rings. The van der Waals surface area contributed by atoms with Gasteiger partial charge in [-0.1, -0.05) is 48.5 Å². The van der Waals surface area contributed by atoms with Crippen molar-refractivity contribution in [3.05, 3.63) is 90.5 Å². The first-order valence-corrected chi connectivity index (χ1v) is 10.4. The predicted octanol–water partition coefficient (Wildman–Crippen LogP) is 3.94. The van der Waals surface area contributed by atoms with Crippen molar-refractivity contribution in [1.29, 1.82) is 0 Å². The van der Waals surface area contributed by atoms with Gasteiger partial charge in [0.15, 0.2) is 6.61 Å². The van der Waals surface area contributed by atoms with Gasteiger partial charge in [0.1, 0.15) is 0 Å². The van der Waals surface area contributed by atoms with E-state index in [2.05, 4.69) is 22.3 Å². The van der Waals surface area contributed by atoms with Crippen molar-refractivity contribution < 1.29 is 14.3 Å². The molecule has 0 radical (unpaired) electrons. The summed E-state index contributed by atoms with van der Waals surface area (Å²) in [5, 5.41) is 3.22. The van der Waals surface area contributed by atoms with Crippen LogP contribution in [0.4, 0.5) is 17.1 Å². The van der Waals surface area contributed by atoms with Crippen molar-refractivity contribution in [2.45, 2.75) is 0 Å². The number of para-hydroxylation sites is 3. The lowest BCUT2D eigenvalue weighted by atomic mass is 10.1. The van der Waals surface area contributed by atoms with Gasteiger partial charge >= 0.3 is 5.97 Å². The Kier molecular flexibility index (Phi) is 6.47. The van der Waals surface area contributed by atoms with Gasteiger partial charge in [-0.05, 0) is 36.4 Å². The first-order chi connectivity index (χ1) is 15.2. The average molecular weight is 415 g/mol. The monoisotopic (exact) mass is 415 g/mol. The van der Waals surface area contributed by atoms with Crippen molar-refractivity contribution in [3.8, 4) is 0 Å². The van der Waals surface area contributed by atoms with Gasteiger partial charge in [-0.3, -0.25) is 4.79 Å². The molecule has 0 aliphatic carbocycles. The Hall–Kier alpha value is -3.80. The molecule has 6 heteroatoms. The number of ether oxygens (including phenoxy) is 1. The van der Waals surface area contributed by atoms with Gasteiger partial charge in [-0.25, -0.2) is 4.79 Å². The van der Waals surface area contributed by atoms with Crippen LogP contribution in [0.5, 0.6) is 0 Å². The second-order valence-electron chi connectivity index (χ2n) is 7.32. The molecule has 1 amide bonds. The highest BCUT2D eigenvalue weighted by Crippen LogP contribution is 2.21. The molecular formula is C25H25N3O3. The number of hydrogen-bond acceptors (Lipinski definition) is 5. The first-order valence-electron chi connectivity index (χ1n) is 10.4. The average Bonchev–Trinajstić information content (AvgIpc) is 2.84. The number of amides is 1. The van der Waals surface area contributed by atoms with E-state index in [9.17, 15) is 9.59 Å². The number of hydrogen-bond donors (Lipinski definition) is 1. The van der Waals surface area contributed by atoms with E-state index < -0.39 is 5.97 Å². The van der Waals surface area contributed by atoms with E-state index in [0.717, 1.165) is 24.5 Å². The first kappa shape index (κ1) is 20.5. The summed E-state index contributed by atoms with van der Waals surface area (Å²) >= 11 is 0. The van der Waals surface area contributed by atoms with Crippen LogP contribution in [0.25, 0.3) is 0 Å². The molecule has 4 rings (SSSR count). The van der Waals surface area contributed by atoms with E-state index in [0.29, 0.717) is 24.3 Å². The SMILES string of the molecule is O=C(OCC(=O)N1CCN(c2ccccc2)CC1)c1ccccc1Nc1ccccc1. The van der Waals surface area contributed by atoms with E-state index in [1.165, 1.54) is 0 Å². The summed E-state index contributed by atoms with van der Waals surface area (Å²) in [6, 6.07) is 26.9. The van der Waals surface area contributed by atoms with Gasteiger partial charge in [-0.15, -0.1) is 0 Å². The fourth-order valence-corrected chi connectivity index (χ4v) is 3.60. The summed E-state index contributed by atoms with van der Waals surface area (Å²) < 4.78 is 5.35. The van der Waals surface area contributed by atoms with Crippen LogP contribution in [0.3, 0.4) is 0 Å². The molecule has 3 aromatic carbocycles. The number of esters is 1. The fraction of sp³-hybridized carbons (Fsp3) is 0.200. The minimum Gasteiger partial charge on any atom is -0.452 e. The topological polar surface area (TPSA) is 61.9 Å². The summed E-state index contributed by atoms with van der Waals surface area (Å²) in [5.41, 5.74) is 3.06. The van der Waals surface area contributed by atoms with Crippen LogP contribution in [-0.4, -0.2) is 49.6 Å². The van der Waals surface area contributed by atoms with E-state index >= 15 is 0 Å². The molecule has 158 valence electrons. The number of nitrogens with zero attached hydrogens (tertiary/aromatic N) is 2. The van der Waals surface area contributed by atoms with E-state index in [1.54, 1.807) is 17.0 Å². The van der Waals surface area contributed by atoms with E-state index in [4.69, 9.17) is 4.74 Å². The molecule has 1 aliphatic heterocycles. The third-order valence-corrected chi connectivity index (χ3v) is 5.28. The number of nitrogens with one attached hydrogen (secondary N) is 1. The maximum absolute atomic E-state index is 12.6. The molecule has 0 spiro atoms.